The number of carbonyl (C=O) groups excluding carboxylic acids is 1. The molecule has 0 atom stereocenters. The van der Waals surface area contributed by atoms with Crippen LogP contribution in [-0.4, -0.2) is 56.9 Å². The normalized spacial score (nSPS) is 15.0. The fourth-order valence-electron chi connectivity index (χ4n) is 2.55. The first-order valence-corrected chi connectivity index (χ1v) is 7.27. The lowest BCUT2D eigenvalue weighted by molar-refractivity contribution is 0.0739. The summed E-state index contributed by atoms with van der Waals surface area (Å²) in [6, 6.07) is 3.53. The number of nitrogens with zero attached hydrogens (tertiary/aromatic N) is 6. The Morgan fingerprint density at radius 3 is 2.36 bits per heavy atom. The lowest BCUT2D eigenvalue weighted by Gasteiger charge is -2.34. The van der Waals surface area contributed by atoms with E-state index in [4.69, 9.17) is 0 Å². The molecule has 2 aromatic rings. The molecule has 7 heteroatoms. The molecule has 0 saturated carbocycles. The van der Waals surface area contributed by atoms with Gasteiger partial charge in [0.25, 0.3) is 5.91 Å². The molecule has 22 heavy (non-hydrogen) atoms. The van der Waals surface area contributed by atoms with Crippen LogP contribution in [0.5, 0.6) is 0 Å². The molecular weight excluding hydrogens is 280 g/mol. The number of anilines is 1. The fraction of sp³-hybridized carbons (Fsp3) is 0.400. The molecule has 3 heterocycles. The first-order valence-electron chi connectivity index (χ1n) is 7.27. The van der Waals surface area contributed by atoms with Crippen LogP contribution in [0.2, 0.25) is 0 Å². The minimum absolute atomic E-state index is 0.0396. The Bertz CT molecular complexity index is 647. The van der Waals surface area contributed by atoms with Gasteiger partial charge in [0.05, 0.1) is 0 Å². The Labute approximate surface area is 129 Å². The smallest absolute Gasteiger partial charge is 0.272 e. The van der Waals surface area contributed by atoms with Gasteiger partial charge in [0.2, 0.25) is 5.95 Å². The summed E-state index contributed by atoms with van der Waals surface area (Å²) >= 11 is 0. The maximum Gasteiger partial charge on any atom is 0.272 e. The molecule has 1 saturated heterocycles. The maximum atomic E-state index is 12.5. The van der Waals surface area contributed by atoms with E-state index in [-0.39, 0.29) is 5.91 Å². The Kier molecular flexibility index (Phi) is 3.95. The summed E-state index contributed by atoms with van der Waals surface area (Å²) in [7, 11) is 0. The Hall–Kier alpha value is -2.57. The lowest BCUT2D eigenvalue weighted by atomic mass is 10.2. The van der Waals surface area contributed by atoms with Crippen LogP contribution in [-0.2, 0) is 0 Å². The number of piperazine rings is 1. The van der Waals surface area contributed by atoms with Gasteiger partial charge < -0.3 is 9.80 Å². The molecule has 0 spiro atoms. The van der Waals surface area contributed by atoms with Gasteiger partial charge in [-0.3, -0.25) is 4.79 Å². The van der Waals surface area contributed by atoms with Crippen LogP contribution in [0, 0.1) is 13.8 Å². The number of carbonyl (C=O) groups is 1. The van der Waals surface area contributed by atoms with Crippen LogP contribution < -0.4 is 4.90 Å². The molecule has 2 aromatic heterocycles. The van der Waals surface area contributed by atoms with Crippen LogP contribution in [0.15, 0.2) is 24.5 Å². The van der Waals surface area contributed by atoms with Crippen molar-refractivity contribution in [2.75, 3.05) is 31.1 Å². The maximum absolute atomic E-state index is 12.5. The van der Waals surface area contributed by atoms with E-state index >= 15 is 0 Å². The van der Waals surface area contributed by atoms with Crippen LogP contribution in [0.3, 0.4) is 0 Å². The highest BCUT2D eigenvalue weighted by Crippen LogP contribution is 2.12. The minimum atomic E-state index is -0.0396. The summed E-state index contributed by atoms with van der Waals surface area (Å²) in [5, 5.41) is 0. The van der Waals surface area contributed by atoms with Crippen molar-refractivity contribution in [3.8, 4) is 0 Å². The van der Waals surface area contributed by atoms with E-state index in [0.717, 1.165) is 18.8 Å². The third-order valence-electron chi connectivity index (χ3n) is 3.59. The Balaban J connectivity index is 1.67. The molecule has 114 valence electrons. The predicted octanol–water partition coefficient (Wildman–Crippen LogP) is 0.846. The molecule has 0 aromatic carbocycles. The van der Waals surface area contributed by atoms with E-state index in [9.17, 15) is 4.79 Å². The first-order chi connectivity index (χ1) is 10.6. The second-order valence-electron chi connectivity index (χ2n) is 5.27. The molecule has 0 radical (unpaired) electrons. The molecule has 1 aliphatic heterocycles. The molecule has 3 rings (SSSR count). The number of aromatic nitrogens is 4. The van der Waals surface area contributed by atoms with Crippen molar-refractivity contribution in [3.63, 3.8) is 0 Å². The summed E-state index contributed by atoms with van der Waals surface area (Å²) in [6.07, 6.45) is 3.46. The SMILES string of the molecule is Cc1cc(C(=O)N2CCN(c3ncccn3)CC2)nc(C)n1. The lowest BCUT2D eigenvalue weighted by Crippen LogP contribution is -2.49. The number of hydrogen-bond donors (Lipinski definition) is 0. The van der Waals surface area contributed by atoms with Gasteiger partial charge >= 0.3 is 0 Å². The van der Waals surface area contributed by atoms with Gasteiger partial charge in [-0.2, -0.15) is 0 Å². The van der Waals surface area contributed by atoms with E-state index < -0.39 is 0 Å². The summed E-state index contributed by atoms with van der Waals surface area (Å²) in [5.74, 6) is 1.30. The van der Waals surface area contributed by atoms with Gasteiger partial charge in [-0.25, -0.2) is 19.9 Å². The van der Waals surface area contributed by atoms with Crippen molar-refractivity contribution in [2.24, 2.45) is 0 Å². The molecule has 0 bridgehead atoms. The van der Waals surface area contributed by atoms with Crippen molar-refractivity contribution in [3.05, 3.63) is 41.7 Å². The highest BCUT2D eigenvalue weighted by atomic mass is 16.2. The summed E-state index contributed by atoms with van der Waals surface area (Å²) in [4.78, 5) is 33.4. The van der Waals surface area contributed by atoms with Gasteiger partial charge in [0.15, 0.2) is 0 Å². The van der Waals surface area contributed by atoms with Gasteiger partial charge in [-0.1, -0.05) is 0 Å². The fourth-order valence-corrected chi connectivity index (χ4v) is 2.55. The summed E-state index contributed by atoms with van der Waals surface area (Å²) in [6.45, 7) is 6.39. The minimum Gasteiger partial charge on any atom is -0.337 e. The average molecular weight is 298 g/mol. The van der Waals surface area contributed by atoms with Gasteiger partial charge in [0.1, 0.15) is 11.5 Å². The highest BCUT2D eigenvalue weighted by molar-refractivity contribution is 5.92. The molecular formula is C15H18N6O. The van der Waals surface area contributed by atoms with E-state index in [1.165, 1.54) is 0 Å². The molecule has 0 unspecified atom stereocenters. The highest BCUT2D eigenvalue weighted by Gasteiger charge is 2.24. The van der Waals surface area contributed by atoms with Crippen molar-refractivity contribution in [1.82, 2.24) is 24.8 Å². The molecule has 1 amide bonds. The zero-order valence-corrected chi connectivity index (χ0v) is 12.7. The quantitative estimate of drug-likeness (QED) is 0.818. The Morgan fingerprint density at radius 1 is 1.05 bits per heavy atom. The first kappa shape index (κ1) is 14.4. The van der Waals surface area contributed by atoms with Crippen LogP contribution in [0.4, 0.5) is 5.95 Å². The second kappa shape index (κ2) is 6.05. The van der Waals surface area contributed by atoms with E-state index in [1.807, 2.05) is 11.8 Å². The van der Waals surface area contributed by atoms with Gasteiger partial charge in [0, 0.05) is 44.3 Å². The molecule has 1 aliphatic rings. The molecule has 1 fully saturated rings. The molecule has 0 N–H and O–H groups in total. The van der Waals surface area contributed by atoms with Gasteiger partial charge in [-0.15, -0.1) is 0 Å². The Morgan fingerprint density at radius 2 is 1.73 bits per heavy atom. The van der Waals surface area contributed by atoms with Gasteiger partial charge in [-0.05, 0) is 26.0 Å². The molecule has 0 aliphatic carbocycles. The monoisotopic (exact) mass is 298 g/mol. The van der Waals surface area contributed by atoms with Crippen molar-refractivity contribution in [2.45, 2.75) is 13.8 Å². The molecule has 7 nitrogen and oxygen atoms in total. The average Bonchev–Trinajstić information content (AvgIpc) is 2.54. The van der Waals surface area contributed by atoms with Crippen molar-refractivity contribution in [1.29, 1.82) is 0 Å². The topological polar surface area (TPSA) is 75.1 Å². The van der Waals surface area contributed by atoms with Crippen LogP contribution >= 0.6 is 0 Å². The summed E-state index contributed by atoms with van der Waals surface area (Å²) in [5.41, 5.74) is 1.28. The zero-order valence-electron chi connectivity index (χ0n) is 12.7. The largest absolute Gasteiger partial charge is 0.337 e. The standard InChI is InChI=1S/C15H18N6O/c1-11-10-13(19-12(2)18-11)14(22)20-6-8-21(9-7-20)15-16-4-3-5-17-15/h3-5,10H,6-9H2,1-2H3. The van der Waals surface area contributed by atoms with Crippen molar-refractivity contribution >= 4 is 11.9 Å². The number of aryl methyl sites for hydroxylation is 2. The van der Waals surface area contributed by atoms with Crippen LogP contribution in [0.25, 0.3) is 0 Å². The third kappa shape index (κ3) is 3.03. The number of amides is 1. The van der Waals surface area contributed by atoms with E-state index in [0.29, 0.717) is 30.6 Å². The van der Waals surface area contributed by atoms with Crippen LogP contribution in [0.1, 0.15) is 22.0 Å². The number of hydrogen-bond acceptors (Lipinski definition) is 6. The van der Waals surface area contributed by atoms with E-state index in [1.54, 1.807) is 31.5 Å². The second-order valence-corrected chi connectivity index (χ2v) is 5.27. The predicted molar refractivity (Wildman–Crippen MR) is 81.7 cm³/mol. The third-order valence-corrected chi connectivity index (χ3v) is 3.59. The number of rotatable bonds is 2. The van der Waals surface area contributed by atoms with Crippen molar-refractivity contribution < 1.29 is 4.79 Å². The zero-order chi connectivity index (χ0) is 15.5. The van der Waals surface area contributed by atoms with E-state index in [2.05, 4.69) is 24.8 Å². The summed E-state index contributed by atoms with van der Waals surface area (Å²) < 4.78 is 0.